The lowest BCUT2D eigenvalue weighted by Crippen LogP contribution is -2.17. The number of aliphatic imine (C=N–C) groups is 2. The third-order valence-electron chi connectivity index (χ3n) is 14.1. The van der Waals surface area contributed by atoms with Crippen LogP contribution in [-0.4, -0.2) is 20.7 Å². The van der Waals surface area contributed by atoms with E-state index in [9.17, 15) is 0 Å². The summed E-state index contributed by atoms with van der Waals surface area (Å²) in [6.07, 6.45) is 3.05. The van der Waals surface area contributed by atoms with Gasteiger partial charge in [0.15, 0.2) is 5.84 Å². The van der Waals surface area contributed by atoms with E-state index in [1.54, 1.807) is 0 Å². The molecule has 0 fully saturated rings. The number of benzene rings is 10. The maximum absolute atomic E-state index is 6.68. The smallest absolute Gasteiger partial charge is 0.160 e. The second-order valence-electron chi connectivity index (χ2n) is 18.2. The number of nitrogens with zero attached hydrogens (tertiary/aromatic N) is 4. The number of fused-ring (bicyclic) bond motifs is 11. The van der Waals surface area contributed by atoms with Crippen LogP contribution in [0.15, 0.2) is 233 Å². The van der Waals surface area contributed by atoms with Gasteiger partial charge in [-0.05, 0) is 106 Å². The number of para-hydroxylation sites is 4. The molecule has 0 saturated carbocycles. The third-order valence-corrected chi connectivity index (χ3v) is 14.1. The van der Waals surface area contributed by atoms with Crippen molar-refractivity contribution in [2.75, 3.05) is 0 Å². The molecule has 10 aromatic carbocycles. The van der Waals surface area contributed by atoms with Crippen molar-refractivity contribution in [2.24, 2.45) is 15.9 Å². The Kier molecular flexibility index (Phi) is 8.56. The van der Waals surface area contributed by atoms with Crippen LogP contribution in [0.3, 0.4) is 0 Å². The molecule has 0 spiro atoms. The van der Waals surface area contributed by atoms with E-state index in [2.05, 4.69) is 228 Å². The maximum atomic E-state index is 6.68. The van der Waals surface area contributed by atoms with Crippen LogP contribution in [0.4, 0.5) is 0 Å². The van der Waals surface area contributed by atoms with Crippen molar-refractivity contribution in [1.29, 1.82) is 0 Å². The molecule has 3 aromatic heterocycles. The maximum Gasteiger partial charge on any atom is 0.160 e. The van der Waals surface area contributed by atoms with Crippen LogP contribution in [0, 0.1) is 5.92 Å². The average molecular weight is 871 g/mol. The lowest BCUT2D eigenvalue weighted by molar-refractivity contribution is 0.668. The summed E-state index contributed by atoms with van der Waals surface area (Å²) in [5.74, 6) is 0.716. The third kappa shape index (κ3) is 6.02. The van der Waals surface area contributed by atoms with Gasteiger partial charge in [-0.3, -0.25) is 0 Å². The van der Waals surface area contributed by atoms with Gasteiger partial charge < -0.3 is 13.6 Å². The molecule has 320 valence electrons. The SMILES string of the molecule is CC1C/C=C(c2cc3oc4ccccc4c3cc2-n2c3ccccc3c3cc4ccccc4cc32)/N=C(c2ccc3ccccc3c2)\N=C/1c1ccc2c(c1)c1ccccc1n2-c1ccccc1. The lowest BCUT2D eigenvalue weighted by atomic mass is 9.92. The van der Waals surface area contributed by atoms with Gasteiger partial charge in [0.1, 0.15) is 11.2 Å². The van der Waals surface area contributed by atoms with Gasteiger partial charge in [0.25, 0.3) is 0 Å². The Morgan fingerprint density at radius 2 is 1.04 bits per heavy atom. The Hall–Kier alpha value is -8.80. The fourth-order valence-corrected chi connectivity index (χ4v) is 10.8. The second-order valence-corrected chi connectivity index (χ2v) is 18.2. The first-order valence-corrected chi connectivity index (χ1v) is 23.4. The van der Waals surface area contributed by atoms with Gasteiger partial charge in [0.05, 0.1) is 39.2 Å². The fraction of sp³-hybridized carbons (Fsp3) is 0.0476. The first-order chi connectivity index (χ1) is 33.6. The van der Waals surface area contributed by atoms with Gasteiger partial charge in [0, 0.05) is 55.0 Å². The first kappa shape index (κ1) is 38.5. The van der Waals surface area contributed by atoms with Gasteiger partial charge in [-0.25, -0.2) is 9.98 Å². The van der Waals surface area contributed by atoms with Crippen LogP contribution in [0.25, 0.3) is 104 Å². The Labute approximate surface area is 391 Å². The Morgan fingerprint density at radius 1 is 0.426 bits per heavy atom. The molecule has 13 aromatic rings. The van der Waals surface area contributed by atoms with Crippen molar-refractivity contribution in [3.05, 3.63) is 235 Å². The molecule has 0 N–H and O–H groups in total. The van der Waals surface area contributed by atoms with Crippen molar-refractivity contribution >= 4 is 104 Å². The van der Waals surface area contributed by atoms with Gasteiger partial charge in [-0.1, -0.05) is 153 Å². The highest BCUT2D eigenvalue weighted by molar-refractivity contribution is 6.19. The quantitative estimate of drug-likeness (QED) is 0.170. The summed E-state index contributed by atoms with van der Waals surface area (Å²) in [6, 6.07) is 76.3. The summed E-state index contributed by atoms with van der Waals surface area (Å²) in [6.45, 7) is 2.30. The van der Waals surface area contributed by atoms with Gasteiger partial charge in [-0.15, -0.1) is 0 Å². The Bertz CT molecular complexity index is 4310. The second kappa shape index (κ2) is 15.1. The molecule has 0 bridgehead atoms. The molecule has 0 saturated heterocycles. The van der Waals surface area contributed by atoms with E-state index in [0.717, 1.165) is 89.8 Å². The predicted molar refractivity (Wildman–Crippen MR) is 285 cm³/mol. The number of rotatable bonds is 5. The summed E-state index contributed by atoms with van der Waals surface area (Å²) >= 11 is 0. The zero-order valence-corrected chi connectivity index (χ0v) is 37.3. The summed E-state index contributed by atoms with van der Waals surface area (Å²) in [7, 11) is 0. The summed E-state index contributed by atoms with van der Waals surface area (Å²) in [5, 5.41) is 11.7. The van der Waals surface area contributed by atoms with E-state index in [-0.39, 0.29) is 5.92 Å². The minimum absolute atomic E-state index is 0.0499. The molecule has 14 rings (SSSR count). The zero-order chi connectivity index (χ0) is 44.9. The largest absolute Gasteiger partial charge is 0.456 e. The minimum Gasteiger partial charge on any atom is -0.456 e. The van der Waals surface area contributed by atoms with Crippen LogP contribution in [0.1, 0.15) is 30.0 Å². The number of amidine groups is 1. The molecule has 5 heteroatoms. The van der Waals surface area contributed by atoms with Gasteiger partial charge >= 0.3 is 0 Å². The molecule has 1 aliphatic heterocycles. The molecule has 0 amide bonds. The Morgan fingerprint density at radius 3 is 1.84 bits per heavy atom. The first-order valence-electron chi connectivity index (χ1n) is 23.4. The summed E-state index contributed by atoms with van der Waals surface area (Å²) in [4.78, 5) is 11.4. The van der Waals surface area contributed by atoms with E-state index in [1.807, 2.05) is 6.07 Å². The highest BCUT2D eigenvalue weighted by atomic mass is 16.3. The molecule has 0 radical (unpaired) electrons. The van der Waals surface area contributed by atoms with Crippen LogP contribution in [0.2, 0.25) is 0 Å². The fourth-order valence-electron chi connectivity index (χ4n) is 10.8. The van der Waals surface area contributed by atoms with Crippen molar-refractivity contribution in [1.82, 2.24) is 9.13 Å². The van der Waals surface area contributed by atoms with E-state index in [0.29, 0.717) is 5.84 Å². The van der Waals surface area contributed by atoms with Gasteiger partial charge in [-0.2, -0.15) is 0 Å². The zero-order valence-electron chi connectivity index (χ0n) is 37.3. The van der Waals surface area contributed by atoms with Crippen LogP contribution in [-0.2, 0) is 0 Å². The van der Waals surface area contributed by atoms with Crippen molar-refractivity contribution in [3.63, 3.8) is 0 Å². The van der Waals surface area contributed by atoms with Crippen molar-refractivity contribution < 1.29 is 4.42 Å². The standard InChI is InChI=1S/C63H42N4O/c1-39-27-31-54(53-38-61-52(49-23-11-14-26-60(49)68-61)37-59(53)67-56-25-13-10-22-48(56)51-34-42-17-7-8-18-43(42)36-58(51)67)64-63(45-29-28-40-15-5-6-16-41(40)33-45)65-62(39)44-30-32-57-50(35-44)47-21-9-12-24-55(47)66(57)46-19-3-2-4-20-46/h2-26,28-39H,27H2,1H3/b54-31+,64-63-,65-62+. The highest BCUT2D eigenvalue weighted by Crippen LogP contribution is 2.42. The number of furan rings is 1. The predicted octanol–water partition coefficient (Wildman–Crippen LogP) is 16.4. The summed E-state index contributed by atoms with van der Waals surface area (Å²) < 4.78 is 11.5. The molecule has 1 unspecified atom stereocenters. The monoisotopic (exact) mass is 870 g/mol. The Balaban J connectivity index is 1.02. The molecule has 68 heavy (non-hydrogen) atoms. The number of allylic oxidation sites excluding steroid dienone is 1. The number of aromatic nitrogens is 2. The van der Waals surface area contributed by atoms with Crippen molar-refractivity contribution in [3.8, 4) is 11.4 Å². The normalized spacial score (nSPS) is 16.9. The highest BCUT2D eigenvalue weighted by Gasteiger charge is 2.25. The average Bonchev–Trinajstić information content (AvgIpc) is 4.03. The molecule has 4 heterocycles. The van der Waals surface area contributed by atoms with Crippen LogP contribution >= 0.6 is 0 Å². The van der Waals surface area contributed by atoms with E-state index < -0.39 is 0 Å². The number of hydrogen-bond acceptors (Lipinski definition) is 3. The van der Waals surface area contributed by atoms with E-state index >= 15 is 0 Å². The van der Waals surface area contributed by atoms with Crippen LogP contribution in [0.5, 0.6) is 0 Å². The molecular weight excluding hydrogens is 829 g/mol. The molecule has 0 aliphatic carbocycles. The molecule has 1 atom stereocenters. The lowest BCUT2D eigenvalue weighted by Gasteiger charge is -2.20. The minimum atomic E-state index is 0.0499. The van der Waals surface area contributed by atoms with Crippen molar-refractivity contribution in [2.45, 2.75) is 13.3 Å². The van der Waals surface area contributed by atoms with Crippen LogP contribution < -0.4 is 0 Å². The van der Waals surface area contributed by atoms with E-state index in [1.165, 1.54) is 43.2 Å². The summed E-state index contributed by atoms with van der Waals surface area (Å²) in [5.41, 5.74) is 13.4. The molecule has 5 nitrogen and oxygen atoms in total. The topological polar surface area (TPSA) is 47.7 Å². The number of hydrogen-bond donors (Lipinski definition) is 0. The molecule has 1 aliphatic rings. The van der Waals surface area contributed by atoms with E-state index in [4.69, 9.17) is 14.4 Å². The van der Waals surface area contributed by atoms with Gasteiger partial charge in [0.2, 0.25) is 0 Å². The molecular formula is C63H42N4O.